The number of amides is 1. The van der Waals surface area contributed by atoms with Gasteiger partial charge in [-0.1, -0.05) is 24.3 Å². The van der Waals surface area contributed by atoms with Crippen LogP contribution in [-0.2, 0) is 0 Å². The number of methoxy groups -OCH3 is 1. The van der Waals surface area contributed by atoms with Crippen LogP contribution in [0, 0.1) is 5.82 Å². The van der Waals surface area contributed by atoms with Crippen LogP contribution in [0.2, 0.25) is 0 Å². The molecule has 1 aromatic heterocycles. The van der Waals surface area contributed by atoms with Crippen molar-refractivity contribution in [2.75, 3.05) is 12.4 Å². The van der Waals surface area contributed by atoms with E-state index in [9.17, 15) is 9.18 Å². The molecule has 0 saturated heterocycles. The standard InChI is InChI=1S/C17H14FN3O2/c1-23-15-11-21(14-8-3-2-4-9-14)20-16(15)17(22)19-13-7-5-6-12(18)10-13/h2-11H,1H3,(H,19,22). The van der Waals surface area contributed by atoms with Gasteiger partial charge in [0.25, 0.3) is 5.91 Å². The minimum absolute atomic E-state index is 0.126. The largest absolute Gasteiger partial charge is 0.493 e. The highest BCUT2D eigenvalue weighted by atomic mass is 19.1. The third kappa shape index (κ3) is 3.21. The fourth-order valence-electron chi connectivity index (χ4n) is 2.13. The van der Waals surface area contributed by atoms with E-state index >= 15 is 0 Å². The van der Waals surface area contributed by atoms with Gasteiger partial charge in [-0.05, 0) is 30.3 Å². The highest BCUT2D eigenvalue weighted by molar-refractivity contribution is 6.04. The molecule has 5 nitrogen and oxygen atoms in total. The summed E-state index contributed by atoms with van der Waals surface area (Å²) in [5.74, 6) is -0.561. The van der Waals surface area contributed by atoms with Crippen LogP contribution in [0.15, 0.2) is 60.8 Å². The Hall–Kier alpha value is -3.15. The normalized spacial score (nSPS) is 10.3. The zero-order chi connectivity index (χ0) is 16.2. The summed E-state index contributed by atoms with van der Waals surface area (Å²) in [5.41, 5.74) is 1.28. The molecule has 0 spiro atoms. The van der Waals surface area contributed by atoms with Gasteiger partial charge in [0, 0.05) is 5.69 Å². The van der Waals surface area contributed by atoms with Crippen LogP contribution in [0.3, 0.4) is 0 Å². The number of para-hydroxylation sites is 1. The van der Waals surface area contributed by atoms with E-state index in [-0.39, 0.29) is 5.69 Å². The molecule has 116 valence electrons. The predicted molar refractivity (Wildman–Crippen MR) is 84.5 cm³/mol. The van der Waals surface area contributed by atoms with Crippen molar-refractivity contribution in [3.63, 3.8) is 0 Å². The molecule has 3 aromatic rings. The van der Waals surface area contributed by atoms with Gasteiger partial charge in [0.2, 0.25) is 0 Å². The molecular formula is C17H14FN3O2. The molecule has 1 heterocycles. The number of hydrogen-bond acceptors (Lipinski definition) is 3. The molecule has 23 heavy (non-hydrogen) atoms. The van der Waals surface area contributed by atoms with Crippen molar-refractivity contribution in [2.24, 2.45) is 0 Å². The Morgan fingerprint density at radius 3 is 2.65 bits per heavy atom. The number of carbonyl (C=O) groups is 1. The van der Waals surface area contributed by atoms with Crippen molar-refractivity contribution < 1.29 is 13.9 Å². The number of halogens is 1. The van der Waals surface area contributed by atoms with Gasteiger partial charge >= 0.3 is 0 Å². The Bertz CT molecular complexity index is 831. The van der Waals surface area contributed by atoms with Gasteiger partial charge in [0.1, 0.15) is 5.82 Å². The average molecular weight is 311 g/mol. The average Bonchev–Trinajstić information content (AvgIpc) is 3.00. The first kappa shape index (κ1) is 14.8. The van der Waals surface area contributed by atoms with E-state index in [1.54, 1.807) is 16.9 Å². The van der Waals surface area contributed by atoms with E-state index in [0.717, 1.165) is 5.69 Å². The fourth-order valence-corrected chi connectivity index (χ4v) is 2.13. The lowest BCUT2D eigenvalue weighted by atomic mass is 10.3. The first-order chi connectivity index (χ1) is 11.2. The van der Waals surface area contributed by atoms with Crippen LogP contribution in [-0.4, -0.2) is 22.8 Å². The summed E-state index contributed by atoms with van der Waals surface area (Å²) in [6.45, 7) is 0. The summed E-state index contributed by atoms with van der Waals surface area (Å²) in [5, 5.41) is 6.86. The van der Waals surface area contributed by atoms with E-state index in [1.165, 1.54) is 25.3 Å². The summed E-state index contributed by atoms with van der Waals surface area (Å²) >= 11 is 0. The zero-order valence-corrected chi connectivity index (χ0v) is 12.4. The number of hydrogen-bond donors (Lipinski definition) is 1. The van der Waals surface area contributed by atoms with E-state index in [0.29, 0.717) is 11.4 Å². The maximum atomic E-state index is 13.2. The van der Waals surface area contributed by atoms with Gasteiger partial charge in [0.15, 0.2) is 11.4 Å². The molecule has 0 aliphatic heterocycles. The van der Waals surface area contributed by atoms with Crippen LogP contribution in [0.1, 0.15) is 10.5 Å². The molecule has 0 bridgehead atoms. The van der Waals surface area contributed by atoms with Crippen LogP contribution in [0.4, 0.5) is 10.1 Å². The van der Waals surface area contributed by atoms with E-state index in [4.69, 9.17) is 4.74 Å². The number of rotatable bonds is 4. The Kier molecular flexibility index (Phi) is 4.05. The number of nitrogens with one attached hydrogen (secondary N) is 1. The Morgan fingerprint density at radius 2 is 1.96 bits per heavy atom. The highest BCUT2D eigenvalue weighted by Crippen LogP contribution is 2.21. The zero-order valence-electron chi connectivity index (χ0n) is 12.4. The van der Waals surface area contributed by atoms with Crippen LogP contribution >= 0.6 is 0 Å². The van der Waals surface area contributed by atoms with Crippen LogP contribution < -0.4 is 10.1 Å². The lowest BCUT2D eigenvalue weighted by Crippen LogP contribution is -2.14. The third-order valence-corrected chi connectivity index (χ3v) is 3.22. The summed E-state index contributed by atoms with van der Waals surface area (Å²) in [6, 6.07) is 15.0. The minimum atomic E-state index is -0.470. The van der Waals surface area contributed by atoms with Gasteiger partial charge in [-0.25, -0.2) is 9.07 Å². The first-order valence-corrected chi connectivity index (χ1v) is 6.93. The molecule has 0 fully saturated rings. The second kappa shape index (κ2) is 6.31. The summed E-state index contributed by atoms with van der Waals surface area (Å²) in [7, 11) is 1.46. The number of anilines is 1. The maximum Gasteiger partial charge on any atom is 0.280 e. The van der Waals surface area contributed by atoms with Crippen molar-refractivity contribution in [3.05, 3.63) is 72.3 Å². The Labute approximate surface area is 132 Å². The highest BCUT2D eigenvalue weighted by Gasteiger charge is 2.18. The maximum absolute atomic E-state index is 13.2. The smallest absolute Gasteiger partial charge is 0.280 e. The molecule has 2 aromatic carbocycles. The van der Waals surface area contributed by atoms with Gasteiger partial charge in [-0.2, -0.15) is 5.10 Å². The van der Waals surface area contributed by atoms with Gasteiger partial charge in [-0.15, -0.1) is 0 Å². The number of ether oxygens (including phenoxy) is 1. The molecule has 3 rings (SSSR count). The van der Waals surface area contributed by atoms with Crippen molar-refractivity contribution in [2.45, 2.75) is 0 Å². The number of benzene rings is 2. The molecular weight excluding hydrogens is 297 g/mol. The lowest BCUT2D eigenvalue weighted by Gasteiger charge is -2.04. The number of aromatic nitrogens is 2. The molecule has 0 unspecified atom stereocenters. The molecule has 0 aliphatic carbocycles. The molecule has 0 atom stereocenters. The second-order valence-electron chi connectivity index (χ2n) is 4.79. The van der Waals surface area contributed by atoms with Crippen molar-refractivity contribution in [1.82, 2.24) is 9.78 Å². The molecule has 0 saturated carbocycles. The van der Waals surface area contributed by atoms with Gasteiger partial charge < -0.3 is 10.1 Å². The summed E-state index contributed by atoms with van der Waals surface area (Å²) in [4.78, 5) is 12.4. The quantitative estimate of drug-likeness (QED) is 0.804. The van der Waals surface area contributed by atoms with E-state index in [1.807, 2.05) is 30.3 Å². The molecule has 0 aliphatic rings. The Balaban J connectivity index is 1.90. The summed E-state index contributed by atoms with van der Waals surface area (Å²) in [6.07, 6.45) is 1.62. The van der Waals surface area contributed by atoms with E-state index in [2.05, 4.69) is 10.4 Å². The monoisotopic (exact) mass is 311 g/mol. The third-order valence-electron chi connectivity index (χ3n) is 3.22. The molecule has 1 N–H and O–H groups in total. The molecule has 0 radical (unpaired) electrons. The van der Waals surface area contributed by atoms with Gasteiger partial charge in [0.05, 0.1) is 19.0 Å². The topological polar surface area (TPSA) is 56.2 Å². The fraction of sp³-hybridized carbons (Fsp3) is 0.0588. The lowest BCUT2D eigenvalue weighted by molar-refractivity contribution is 0.101. The molecule has 6 heteroatoms. The minimum Gasteiger partial charge on any atom is -0.493 e. The second-order valence-corrected chi connectivity index (χ2v) is 4.79. The molecule has 1 amide bonds. The Morgan fingerprint density at radius 1 is 1.17 bits per heavy atom. The SMILES string of the molecule is COc1cn(-c2ccccc2)nc1C(=O)Nc1cccc(F)c1. The van der Waals surface area contributed by atoms with Crippen molar-refractivity contribution in [3.8, 4) is 11.4 Å². The van der Waals surface area contributed by atoms with Crippen molar-refractivity contribution in [1.29, 1.82) is 0 Å². The first-order valence-electron chi connectivity index (χ1n) is 6.93. The van der Waals surface area contributed by atoms with Gasteiger partial charge in [-0.3, -0.25) is 4.79 Å². The van der Waals surface area contributed by atoms with Crippen LogP contribution in [0.5, 0.6) is 5.75 Å². The number of carbonyl (C=O) groups excluding carboxylic acids is 1. The van der Waals surface area contributed by atoms with E-state index < -0.39 is 11.7 Å². The predicted octanol–water partition coefficient (Wildman–Crippen LogP) is 3.27. The van der Waals surface area contributed by atoms with Crippen molar-refractivity contribution >= 4 is 11.6 Å². The number of nitrogens with zero attached hydrogens (tertiary/aromatic N) is 2. The summed E-state index contributed by atoms with van der Waals surface area (Å²) < 4.78 is 20.0. The van der Waals surface area contributed by atoms with Crippen LogP contribution in [0.25, 0.3) is 5.69 Å².